The van der Waals surface area contributed by atoms with Crippen LogP contribution in [0.1, 0.15) is 19.4 Å². The molecule has 1 aromatic carbocycles. The normalized spacial score (nSPS) is 10.8. The molecule has 0 aliphatic rings. The van der Waals surface area contributed by atoms with E-state index in [-0.39, 0.29) is 18.6 Å². The Balaban J connectivity index is 2.55. The van der Waals surface area contributed by atoms with Crippen LogP contribution in [0.5, 0.6) is 0 Å². The molecule has 1 aromatic rings. The molecule has 5 heteroatoms. The van der Waals surface area contributed by atoms with E-state index < -0.39 is 0 Å². The van der Waals surface area contributed by atoms with Crippen molar-refractivity contribution in [2.24, 2.45) is 0 Å². The molecule has 0 radical (unpaired) electrons. The molecule has 0 aromatic heterocycles. The van der Waals surface area contributed by atoms with Gasteiger partial charge in [-0.2, -0.15) is 0 Å². The topological polar surface area (TPSA) is 29.5 Å². The number of benzene rings is 1. The smallest absolute Gasteiger partial charge is 0.248 e. The second-order valence-corrected chi connectivity index (χ2v) is 5.17. The number of likely N-dealkylation sites (N-methyl/N-ethyl adjacent to an activating group) is 1. The van der Waals surface area contributed by atoms with Crippen molar-refractivity contribution in [3.63, 3.8) is 0 Å². The summed E-state index contributed by atoms with van der Waals surface area (Å²) in [5.74, 6) is -0.0604. The molecular weight excluding hydrogens is 273 g/mol. The van der Waals surface area contributed by atoms with Crippen LogP contribution in [0, 0.1) is 0 Å². The van der Waals surface area contributed by atoms with Gasteiger partial charge in [0.05, 0.1) is 16.1 Å². The largest absolute Gasteiger partial charge is 0.369 e. The fourth-order valence-electron chi connectivity index (χ4n) is 1.35. The van der Waals surface area contributed by atoms with Gasteiger partial charge in [-0.1, -0.05) is 29.3 Å². The van der Waals surface area contributed by atoms with E-state index in [1.165, 1.54) is 0 Å². The van der Waals surface area contributed by atoms with Gasteiger partial charge >= 0.3 is 0 Å². The zero-order valence-corrected chi connectivity index (χ0v) is 12.3. The quantitative estimate of drug-likeness (QED) is 0.832. The maximum absolute atomic E-state index is 11.7. The number of halogens is 2. The summed E-state index contributed by atoms with van der Waals surface area (Å²) in [4.78, 5) is 13.3. The van der Waals surface area contributed by atoms with Crippen molar-refractivity contribution in [2.75, 3.05) is 13.7 Å². The standard InChI is InChI=1S/C13H17Cl2NO2/c1-9(2)18-8-13(17)16(3)7-10-4-5-11(14)12(15)6-10/h4-6,9H,7-8H2,1-3H3. The zero-order valence-electron chi connectivity index (χ0n) is 10.7. The molecule has 0 bridgehead atoms. The molecule has 3 nitrogen and oxygen atoms in total. The van der Waals surface area contributed by atoms with Crippen molar-refractivity contribution in [1.29, 1.82) is 0 Å². The van der Waals surface area contributed by atoms with Gasteiger partial charge in [0.15, 0.2) is 0 Å². The van der Waals surface area contributed by atoms with Crippen LogP contribution >= 0.6 is 23.2 Å². The van der Waals surface area contributed by atoms with Gasteiger partial charge in [-0.15, -0.1) is 0 Å². The van der Waals surface area contributed by atoms with Crippen LogP contribution in [0.15, 0.2) is 18.2 Å². The fourth-order valence-corrected chi connectivity index (χ4v) is 1.67. The highest BCUT2D eigenvalue weighted by molar-refractivity contribution is 6.42. The molecule has 0 spiro atoms. The first-order valence-corrected chi connectivity index (χ1v) is 6.45. The second-order valence-electron chi connectivity index (χ2n) is 4.36. The summed E-state index contributed by atoms with van der Waals surface area (Å²) >= 11 is 11.8. The molecule has 100 valence electrons. The summed E-state index contributed by atoms with van der Waals surface area (Å²) in [6.45, 7) is 4.37. The van der Waals surface area contributed by atoms with Crippen molar-refractivity contribution < 1.29 is 9.53 Å². The van der Waals surface area contributed by atoms with Crippen LogP contribution in [0.2, 0.25) is 10.0 Å². The maximum Gasteiger partial charge on any atom is 0.248 e. The van der Waals surface area contributed by atoms with E-state index in [9.17, 15) is 4.79 Å². The molecule has 1 amide bonds. The molecule has 18 heavy (non-hydrogen) atoms. The molecule has 0 saturated carbocycles. The van der Waals surface area contributed by atoms with E-state index in [1.54, 1.807) is 24.1 Å². The van der Waals surface area contributed by atoms with Crippen molar-refractivity contribution in [3.8, 4) is 0 Å². The van der Waals surface area contributed by atoms with E-state index in [0.717, 1.165) is 5.56 Å². The first-order valence-electron chi connectivity index (χ1n) is 5.69. The van der Waals surface area contributed by atoms with E-state index in [4.69, 9.17) is 27.9 Å². The van der Waals surface area contributed by atoms with Gasteiger partial charge in [0, 0.05) is 13.6 Å². The lowest BCUT2D eigenvalue weighted by Crippen LogP contribution is -2.30. The van der Waals surface area contributed by atoms with Crippen LogP contribution in [-0.4, -0.2) is 30.6 Å². The second kappa shape index (κ2) is 6.98. The third-order valence-corrected chi connectivity index (χ3v) is 3.11. The minimum absolute atomic E-state index is 0.0485. The fraction of sp³-hybridized carbons (Fsp3) is 0.462. The van der Waals surface area contributed by atoms with Gasteiger partial charge in [-0.25, -0.2) is 0 Å². The monoisotopic (exact) mass is 289 g/mol. The average Bonchev–Trinajstić information content (AvgIpc) is 2.30. The Morgan fingerprint density at radius 3 is 2.56 bits per heavy atom. The summed E-state index contributed by atoms with van der Waals surface area (Å²) < 4.78 is 5.27. The number of ether oxygens (including phenoxy) is 1. The number of nitrogens with zero attached hydrogens (tertiary/aromatic N) is 1. The summed E-state index contributed by atoms with van der Waals surface area (Å²) in [6, 6.07) is 5.33. The highest BCUT2D eigenvalue weighted by Crippen LogP contribution is 2.23. The molecule has 0 aliphatic heterocycles. The van der Waals surface area contributed by atoms with E-state index in [2.05, 4.69) is 0 Å². The van der Waals surface area contributed by atoms with E-state index in [1.807, 2.05) is 19.9 Å². The lowest BCUT2D eigenvalue weighted by molar-refractivity contribution is -0.136. The van der Waals surface area contributed by atoms with Crippen LogP contribution in [0.25, 0.3) is 0 Å². The lowest BCUT2D eigenvalue weighted by Gasteiger charge is -2.18. The van der Waals surface area contributed by atoms with Crippen LogP contribution in [-0.2, 0) is 16.1 Å². The Morgan fingerprint density at radius 1 is 1.33 bits per heavy atom. The Labute approximate surface area is 118 Å². The summed E-state index contributed by atoms with van der Waals surface area (Å²) in [6.07, 6.45) is 0.0485. The molecule has 0 saturated heterocycles. The molecule has 0 aliphatic carbocycles. The number of carbonyl (C=O) groups is 1. The number of rotatable bonds is 5. The molecule has 1 rings (SSSR count). The Morgan fingerprint density at radius 2 is 2.00 bits per heavy atom. The van der Waals surface area contributed by atoms with Gasteiger partial charge in [-0.05, 0) is 31.5 Å². The van der Waals surface area contributed by atoms with Crippen LogP contribution < -0.4 is 0 Å². The number of amides is 1. The van der Waals surface area contributed by atoms with Crippen LogP contribution in [0.3, 0.4) is 0 Å². The first-order chi connectivity index (χ1) is 8.40. The molecular formula is C13H17Cl2NO2. The molecule has 0 heterocycles. The highest BCUT2D eigenvalue weighted by Gasteiger charge is 2.11. The first kappa shape index (κ1) is 15.3. The van der Waals surface area contributed by atoms with Crippen molar-refractivity contribution in [3.05, 3.63) is 33.8 Å². The molecule has 0 fully saturated rings. The van der Waals surface area contributed by atoms with Gasteiger partial charge < -0.3 is 9.64 Å². The zero-order chi connectivity index (χ0) is 13.7. The van der Waals surface area contributed by atoms with Crippen molar-refractivity contribution >= 4 is 29.1 Å². The molecule has 0 unspecified atom stereocenters. The average molecular weight is 290 g/mol. The minimum atomic E-state index is -0.0604. The summed E-state index contributed by atoms with van der Waals surface area (Å²) in [7, 11) is 1.73. The number of hydrogen-bond donors (Lipinski definition) is 0. The third-order valence-electron chi connectivity index (χ3n) is 2.37. The van der Waals surface area contributed by atoms with Gasteiger partial charge in [0.1, 0.15) is 6.61 Å². The Hall–Kier alpha value is -0.770. The maximum atomic E-state index is 11.7. The van der Waals surface area contributed by atoms with Gasteiger partial charge in [0.25, 0.3) is 0 Å². The van der Waals surface area contributed by atoms with Crippen LogP contribution in [0.4, 0.5) is 0 Å². The predicted molar refractivity (Wildman–Crippen MR) is 74.0 cm³/mol. The number of carbonyl (C=O) groups excluding carboxylic acids is 1. The highest BCUT2D eigenvalue weighted by atomic mass is 35.5. The third kappa shape index (κ3) is 4.84. The van der Waals surface area contributed by atoms with Gasteiger partial charge in [0.2, 0.25) is 5.91 Å². The SMILES string of the molecule is CC(C)OCC(=O)N(C)Cc1ccc(Cl)c(Cl)c1. The minimum Gasteiger partial charge on any atom is -0.369 e. The Bertz CT molecular complexity index is 421. The van der Waals surface area contributed by atoms with Crippen molar-refractivity contribution in [2.45, 2.75) is 26.5 Å². The van der Waals surface area contributed by atoms with Crippen molar-refractivity contribution in [1.82, 2.24) is 4.90 Å². The summed E-state index contributed by atoms with van der Waals surface area (Å²) in [5, 5.41) is 1.01. The van der Waals surface area contributed by atoms with E-state index >= 15 is 0 Å². The molecule has 0 atom stereocenters. The molecule has 0 N–H and O–H groups in total. The van der Waals surface area contributed by atoms with E-state index in [0.29, 0.717) is 16.6 Å². The Kier molecular flexibility index (Phi) is 5.93. The number of hydrogen-bond acceptors (Lipinski definition) is 2. The van der Waals surface area contributed by atoms with Gasteiger partial charge in [-0.3, -0.25) is 4.79 Å². The lowest BCUT2D eigenvalue weighted by atomic mass is 10.2. The summed E-state index contributed by atoms with van der Waals surface area (Å²) in [5.41, 5.74) is 0.935. The predicted octanol–water partition coefficient (Wildman–Crippen LogP) is 3.38.